The summed E-state index contributed by atoms with van der Waals surface area (Å²) in [7, 11) is -3.74. The number of anilines is 2. The van der Waals surface area contributed by atoms with E-state index in [-0.39, 0.29) is 17.2 Å². The second-order valence-electron chi connectivity index (χ2n) is 6.19. The summed E-state index contributed by atoms with van der Waals surface area (Å²) in [5.74, 6) is -0.270. The largest absolute Gasteiger partial charge is 0.324 e. The van der Waals surface area contributed by atoms with E-state index in [2.05, 4.69) is 5.32 Å². The maximum Gasteiger partial charge on any atom is 0.245 e. The monoisotopic (exact) mass is 371 g/mol. The third-order valence-electron chi connectivity index (χ3n) is 3.84. The summed E-state index contributed by atoms with van der Waals surface area (Å²) in [6.45, 7) is 3.61. The van der Waals surface area contributed by atoms with Crippen LogP contribution in [0.2, 0.25) is 0 Å². The molecule has 0 heterocycles. The van der Waals surface area contributed by atoms with E-state index in [1.165, 1.54) is 12.1 Å². The molecule has 0 saturated heterocycles. The Hall–Kier alpha value is -2.85. The van der Waals surface area contributed by atoms with Crippen molar-refractivity contribution < 1.29 is 13.2 Å². The summed E-state index contributed by atoms with van der Waals surface area (Å²) in [6, 6.07) is 15.6. The smallest absolute Gasteiger partial charge is 0.245 e. The van der Waals surface area contributed by atoms with Gasteiger partial charge in [-0.1, -0.05) is 44.2 Å². The fraction of sp³-hybridized carbons (Fsp3) is 0.263. The van der Waals surface area contributed by atoms with E-state index < -0.39 is 22.5 Å². The minimum absolute atomic E-state index is 0.185. The van der Waals surface area contributed by atoms with Gasteiger partial charge in [0.05, 0.1) is 17.5 Å². The molecular formula is C19H21N3O3S. The first-order valence-corrected chi connectivity index (χ1v) is 9.94. The molecular weight excluding hydrogens is 350 g/mol. The SMILES string of the molecule is CC(C)c1ccccc1NC(=O)CN(c1ccccc1C#N)S(C)(=O)=O. The molecule has 7 heteroatoms. The molecule has 0 spiro atoms. The number of rotatable bonds is 6. The van der Waals surface area contributed by atoms with Crippen LogP contribution in [0.3, 0.4) is 0 Å². The average Bonchev–Trinajstić information content (AvgIpc) is 2.59. The third kappa shape index (κ3) is 4.61. The van der Waals surface area contributed by atoms with Crippen LogP contribution in [0, 0.1) is 11.3 Å². The van der Waals surface area contributed by atoms with Crippen molar-refractivity contribution in [3.8, 4) is 6.07 Å². The van der Waals surface area contributed by atoms with Crippen LogP contribution in [0.4, 0.5) is 11.4 Å². The topological polar surface area (TPSA) is 90.3 Å². The van der Waals surface area contributed by atoms with E-state index in [0.29, 0.717) is 5.69 Å². The quantitative estimate of drug-likeness (QED) is 0.845. The molecule has 0 atom stereocenters. The van der Waals surface area contributed by atoms with Gasteiger partial charge in [0.15, 0.2) is 0 Å². The number of hydrogen-bond acceptors (Lipinski definition) is 4. The van der Waals surface area contributed by atoms with Gasteiger partial charge in [0.25, 0.3) is 0 Å². The maximum absolute atomic E-state index is 12.5. The summed E-state index contributed by atoms with van der Waals surface area (Å²) in [5.41, 5.74) is 1.98. The lowest BCUT2D eigenvalue weighted by Crippen LogP contribution is -2.38. The second kappa shape index (κ2) is 8.02. The normalized spacial score (nSPS) is 11.0. The van der Waals surface area contributed by atoms with Crippen LogP contribution < -0.4 is 9.62 Å². The molecule has 136 valence electrons. The molecule has 2 aromatic rings. The molecule has 0 aliphatic rings. The average molecular weight is 371 g/mol. The molecule has 2 rings (SSSR count). The molecule has 6 nitrogen and oxygen atoms in total. The predicted octanol–water partition coefficient (Wildman–Crippen LogP) is 3.09. The van der Waals surface area contributed by atoms with Gasteiger partial charge in [0.1, 0.15) is 12.6 Å². The van der Waals surface area contributed by atoms with Gasteiger partial charge in [-0.25, -0.2) is 8.42 Å². The highest BCUT2D eigenvalue weighted by atomic mass is 32.2. The van der Waals surface area contributed by atoms with E-state index in [9.17, 15) is 18.5 Å². The zero-order chi connectivity index (χ0) is 19.3. The molecule has 0 aliphatic heterocycles. The predicted molar refractivity (Wildman–Crippen MR) is 103 cm³/mol. The van der Waals surface area contributed by atoms with Crippen molar-refractivity contribution in [3.05, 3.63) is 59.7 Å². The van der Waals surface area contributed by atoms with E-state index in [0.717, 1.165) is 16.1 Å². The number of benzene rings is 2. The Labute approximate surface area is 154 Å². The molecule has 0 saturated carbocycles. The van der Waals surface area contributed by atoms with Gasteiger partial charge in [-0.15, -0.1) is 0 Å². The van der Waals surface area contributed by atoms with Crippen molar-refractivity contribution >= 4 is 27.3 Å². The summed E-state index contributed by atoms with van der Waals surface area (Å²) >= 11 is 0. The molecule has 0 bridgehead atoms. The Balaban J connectivity index is 2.31. The van der Waals surface area contributed by atoms with E-state index in [4.69, 9.17) is 0 Å². The summed E-state index contributed by atoms with van der Waals surface area (Å²) in [5, 5.41) is 12.0. The molecule has 1 N–H and O–H groups in total. The van der Waals surface area contributed by atoms with Gasteiger partial charge < -0.3 is 5.32 Å². The van der Waals surface area contributed by atoms with E-state index >= 15 is 0 Å². The lowest BCUT2D eigenvalue weighted by molar-refractivity contribution is -0.114. The summed E-state index contributed by atoms with van der Waals surface area (Å²) in [6.07, 6.45) is 1.01. The highest BCUT2D eigenvalue weighted by molar-refractivity contribution is 7.92. The number of carbonyl (C=O) groups is 1. The van der Waals surface area contributed by atoms with E-state index in [1.54, 1.807) is 24.3 Å². The first-order valence-electron chi connectivity index (χ1n) is 8.09. The Kier molecular flexibility index (Phi) is 6.01. The lowest BCUT2D eigenvalue weighted by Gasteiger charge is -2.23. The van der Waals surface area contributed by atoms with Crippen LogP contribution in [0.15, 0.2) is 48.5 Å². The van der Waals surface area contributed by atoms with Crippen molar-refractivity contribution in [2.75, 3.05) is 22.4 Å². The molecule has 0 fully saturated rings. The van der Waals surface area contributed by atoms with Crippen LogP contribution in [0.5, 0.6) is 0 Å². The van der Waals surface area contributed by atoms with Crippen LogP contribution in [-0.4, -0.2) is 27.1 Å². The van der Waals surface area contributed by atoms with Crippen molar-refractivity contribution in [2.45, 2.75) is 19.8 Å². The van der Waals surface area contributed by atoms with E-state index in [1.807, 2.05) is 32.0 Å². The summed E-state index contributed by atoms with van der Waals surface area (Å²) < 4.78 is 25.3. The number of sulfonamides is 1. The summed E-state index contributed by atoms with van der Waals surface area (Å²) in [4.78, 5) is 12.5. The zero-order valence-electron chi connectivity index (χ0n) is 14.9. The number of amides is 1. The van der Waals surface area contributed by atoms with Gasteiger partial charge in [-0.2, -0.15) is 5.26 Å². The van der Waals surface area contributed by atoms with Gasteiger partial charge in [-0.3, -0.25) is 9.10 Å². The first kappa shape index (κ1) is 19.5. The molecule has 1 amide bonds. The van der Waals surface area contributed by atoms with Crippen LogP contribution >= 0.6 is 0 Å². The lowest BCUT2D eigenvalue weighted by atomic mass is 10.0. The van der Waals surface area contributed by atoms with Crippen molar-refractivity contribution in [3.63, 3.8) is 0 Å². The van der Waals surface area contributed by atoms with Gasteiger partial charge in [0, 0.05) is 5.69 Å². The fourth-order valence-electron chi connectivity index (χ4n) is 2.60. The van der Waals surface area contributed by atoms with Crippen molar-refractivity contribution in [2.24, 2.45) is 0 Å². The number of nitrogens with one attached hydrogen (secondary N) is 1. The van der Waals surface area contributed by atoms with Gasteiger partial charge in [0.2, 0.25) is 15.9 Å². The highest BCUT2D eigenvalue weighted by Gasteiger charge is 2.23. The highest BCUT2D eigenvalue weighted by Crippen LogP contribution is 2.25. The Morgan fingerprint density at radius 2 is 1.77 bits per heavy atom. The third-order valence-corrected chi connectivity index (χ3v) is 4.96. The minimum atomic E-state index is -3.74. The second-order valence-corrected chi connectivity index (χ2v) is 8.10. The molecule has 0 radical (unpaired) electrons. The van der Waals surface area contributed by atoms with Crippen LogP contribution in [0.25, 0.3) is 0 Å². The Morgan fingerprint density at radius 1 is 1.15 bits per heavy atom. The van der Waals surface area contributed by atoms with Crippen LogP contribution in [-0.2, 0) is 14.8 Å². The first-order chi connectivity index (χ1) is 12.2. The Morgan fingerprint density at radius 3 is 2.38 bits per heavy atom. The van der Waals surface area contributed by atoms with Gasteiger partial charge >= 0.3 is 0 Å². The standard InChI is InChI=1S/C19H21N3O3S/c1-14(2)16-9-5-6-10-17(16)21-19(23)13-22(26(3,24)25)18-11-7-4-8-15(18)12-20/h4-11,14H,13H2,1-3H3,(H,21,23). The molecule has 26 heavy (non-hydrogen) atoms. The number of para-hydroxylation sites is 2. The number of hydrogen-bond donors (Lipinski definition) is 1. The van der Waals surface area contributed by atoms with Crippen LogP contribution in [0.1, 0.15) is 30.9 Å². The maximum atomic E-state index is 12.5. The number of carbonyl (C=O) groups excluding carboxylic acids is 1. The Bertz CT molecular complexity index is 946. The van der Waals surface area contributed by atoms with Crippen molar-refractivity contribution in [1.82, 2.24) is 0 Å². The van der Waals surface area contributed by atoms with Gasteiger partial charge in [-0.05, 0) is 29.7 Å². The molecule has 2 aromatic carbocycles. The molecule has 0 aliphatic carbocycles. The minimum Gasteiger partial charge on any atom is -0.324 e. The molecule has 0 unspecified atom stereocenters. The fourth-order valence-corrected chi connectivity index (χ4v) is 3.47. The molecule has 0 aromatic heterocycles. The van der Waals surface area contributed by atoms with Crippen molar-refractivity contribution in [1.29, 1.82) is 5.26 Å². The number of nitriles is 1. The zero-order valence-corrected chi connectivity index (χ0v) is 15.7. The number of nitrogens with zero attached hydrogens (tertiary/aromatic N) is 2.